The van der Waals surface area contributed by atoms with Crippen LogP contribution >= 0.6 is 0 Å². The third kappa shape index (κ3) is 3.61. The topological polar surface area (TPSA) is 75.4 Å². The molecule has 1 aliphatic heterocycles. The average molecular weight is 403 g/mol. The van der Waals surface area contributed by atoms with Gasteiger partial charge in [0.2, 0.25) is 5.43 Å². The Bertz CT molecular complexity index is 1040. The van der Waals surface area contributed by atoms with Crippen LogP contribution in [0.5, 0.6) is 5.75 Å². The summed E-state index contributed by atoms with van der Waals surface area (Å²) in [6, 6.07) is 19.9. The van der Waals surface area contributed by atoms with Gasteiger partial charge in [-0.25, -0.2) is 0 Å². The molecular formula is C24H25N3O3. The van der Waals surface area contributed by atoms with E-state index in [4.69, 9.17) is 0 Å². The minimum absolute atomic E-state index is 0.0216. The van der Waals surface area contributed by atoms with Crippen molar-refractivity contribution in [1.82, 2.24) is 14.7 Å². The molecule has 1 aromatic heterocycles. The first kappa shape index (κ1) is 19.9. The lowest BCUT2D eigenvalue weighted by Crippen LogP contribution is -2.47. The Morgan fingerprint density at radius 3 is 2.20 bits per heavy atom. The first-order chi connectivity index (χ1) is 14.6. The quantitative estimate of drug-likeness (QED) is 0.683. The van der Waals surface area contributed by atoms with Crippen LogP contribution in [-0.4, -0.2) is 38.8 Å². The summed E-state index contributed by atoms with van der Waals surface area (Å²) in [6.45, 7) is 3.10. The number of amides is 1. The van der Waals surface area contributed by atoms with E-state index in [0.29, 0.717) is 13.1 Å². The molecule has 6 heteroatoms. The van der Waals surface area contributed by atoms with Gasteiger partial charge < -0.3 is 10.0 Å². The van der Waals surface area contributed by atoms with E-state index in [2.05, 4.69) is 36.3 Å². The van der Waals surface area contributed by atoms with Gasteiger partial charge in [-0.15, -0.1) is 0 Å². The Labute approximate surface area is 175 Å². The Morgan fingerprint density at radius 1 is 1.03 bits per heavy atom. The maximum atomic E-state index is 13.1. The molecule has 0 bridgehead atoms. The van der Waals surface area contributed by atoms with Gasteiger partial charge >= 0.3 is 0 Å². The number of hydrogen-bond donors (Lipinski definition) is 1. The standard InChI is InChI=1S/C24H25N3O3/c1-2-3-14-26-16-19(27-22(24(26)30)23(29)20(28)15-25-27)21(17-10-6-4-7-11-17)18-12-8-5-9-13-18/h4-13,15,19,21,29H,2-3,14,16H2,1H3/t19-/m1/s1. The smallest absolute Gasteiger partial charge is 0.276 e. The Balaban J connectivity index is 1.90. The van der Waals surface area contributed by atoms with Gasteiger partial charge in [-0.1, -0.05) is 74.0 Å². The third-order valence-electron chi connectivity index (χ3n) is 5.68. The first-order valence-electron chi connectivity index (χ1n) is 10.3. The summed E-state index contributed by atoms with van der Waals surface area (Å²) >= 11 is 0. The fourth-order valence-corrected chi connectivity index (χ4v) is 4.19. The maximum Gasteiger partial charge on any atom is 0.276 e. The second-order valence-corrected chi connectivity index (χ2v) is 7.62. The number of unbranched alkanes of at least 4 members (excludes halogenated alkanes) is 1. The van der Waals surface area contributed by atoms with Crippen molar-refractivity contribution >= 4 is 5.91 Å². The molecule has 0 unspecified atom stereocenters. The summed E-state index contributed by atoms with van der Waals surface area (Å²) < 4.78 is 1.55. The van der Waals surface area contributed by atoms with E-state index in [1.54, 1.807) is 9.58 Å². The van der Waals surface area contributed by atoms with Gasteiger partial charge in [0.25, 0.3) is 5.91 Å². The summed E-state index contributed by atoms with van der Waals surface area (Å²) in [5.41, 5.74) is 1.52. The van der Waals surface area contributed by atoms with Crippen molar-refractivity contribution in [3.63, 3.8) is 0 Å². The summed E-state index contributed by atoms with van der Waals surface area (Å²) in [5.74, 6) is -0.971. The molecule has 2 aromatic carbocycles. The van der Waals surface area contributed by atoms with Crippen LogP contribution in [0.25, 0.3) is 0 Å². The Kier molecular flexibility index (Phi) is 5.65. The molecule has 1 aliphatic rings. The van der Waals surface area contributed by atoms with Crippen LogP contribution in [0.4, 0.5) is 0 Å². The molecule has 1 N–H and O–H groups in total. The molecule has 0 saturated heterocycles. The largest absolute Gasteiger partial charge is 0.502 e. The second-order valence-electron chi connectivity index (χ2n) is 7.62. The predicted octanol–water partition coefficient (Wildman–Crippen LogP) is 3.58. The molecule has 2 heterocycles. The van der Waals surface area contributed by atoms with Gasteiger partial charge in [0.05, 0.1) is 12.2 Å². The van der Waals surface area contributed by atoms with Crippen molar-refractivity contribution < 1.29 is 9.90 Å². The van der Waals surface area contributed by atoms with Crippen molar-refractivity contribution in [1.29, 1.82) is 0 Å². The fraction of sp³-hybridized carbons (Fsp3) is 0.292. The molecule has 0 fully saturated rings. The Morgan fingerprint density at radius 2 is 1.63 bits per heavy atom. The minimum atomic E-state index is -0.637. The molecule has 6 nitrogen and oxygen atoms in total. The van der Waals surface area contributed by atoms with Crippen LogP contribution in [0.1, 0.15) is 53.3 Å². The first-order valence-corrected chi connectivity index (χ1v) is 10.3. The molecule has 0 saturated carbocycles. The molecule has 0 radical (unpaired) electrons. The summed E-state index contributed by atoms with van der Waals surface area (Å²) in [6.07, 6.45) is 2.89. The highest BCUT2D eigenvalue weighted by Gasteiger charge is 2.39. The highest BCUT2D eigenvalue weighted by atomic mass is 16.3. The van der Waals surface area contributed by atoms with Crippen LogP contribution in [0.2, 0.25) is 0 Å². The zero-order valence-corrected chi connectivity index (χ0v) is 16.9. The van der Waals surface area contributed by atoms with Gasteiger partial charge in [-0.05, 0) is 17.5 Å². The summed E-state index contributed by atoms with van der Waals surface area (Å²) in [7, 11) is 0. The van der Waals surface area contributed by atoms with Crippen LogP contribution in [0.3, 0.4) is 0 Å². The molecule has 30 heavy (non-hydrogen) atoms. The van der Waals surface area contributed by atoms with Gasteiger partial charge in [0, 0.05) is 19.0 Å². The highest BCUT2D eigenvalue weighted by Crippen LogP contribution is 2.39. The van der Waals surface area contributed by atoms with Crippen molar-refractivity contribution in [3.05, 3.63) is 93.9 Å². The van der Waals surface area contributed by atoms with Crippen molar-refractivity contribution in [3.8, 4) is 5.75 Å². The van der Waals surface area contributed by atoms with E-state index >= 15 is 0 Å². The van der Waals surface area contributed by atoms with Crippen molar-refractivity contribution in [2.45, 2.75) is 31.7 Å². The number of fused-ring (bicyclic) bond motifs is 1. The predicted molar refractivity (Wildman–Crippen MR) is 115 cm³/mol. The van der Waals surface area contributed by atoms with Gasteiger partial charge in [-0.3, -0.25) is 14.3 Å². The maximum absolute atomic E-state index is 13.1. The van der Waals surface area contributed by atoms with Gasteiger partial charge in [0.15, 0.2) is 11.4 Å². The lowest BCUT2D eigenvalue weighted by Gasteiger charge is -2.39. The number of nitrogens with zero attached hydrogens (tertiary/aromatic N) is 3. The lowest BCUT2D eigenvalue weighted by molar-refractivity contribution is 0.0631. The highest BCUT2D eigenvalue weighted by molar-refractivity contribution is 5.95. The van der Waals surface area contributed by atoms with Gasteiger partial charge in [-0.2, -0.15) is 5.10 Å². The SMILES string of the molecule is CCCCN1C[C@H](C(c2ccccc2)c2ccccc2)n2ncc(=O)c(O)c2C1=O. The van der Waals surface area contributed by atoms with E-state index < -0.39 is 11.2 Å². The molecule has 0 spiro atoms. The van der Waals surface area contributed by atoms with E-state index in [1.807, 2.05) is 36.4 Å². The second kappa shape index (κ2) is 8.53. The van der Waals surface area contributed by atoms with E-state index in [-0.39, 0.29) is 23.6 Å². The number of aromatic hydroxyl groups is 1. The van der Waals surface area contributed by atoms with Crippen LogP contribution in [-0.2, 0) is 0 Å². The average Bonchev–Trinajstić information content (AvgIpc) is 2.78. The number of benzene rings is 2. The van der Waals surface area contributed by atoms with E-state index in [1.165, 1.54) is 0 Å². The third-order valence-corrected chi connectivity index (χ3v) is 5.68. The Hall–Kier alpha value is -3.41. The minimum Gasteiger partial charge on any atom is -0.502 e. The van der Waals surface area contributed by atoms with Crippen LogP contribution in [0, 0.1) is 0 Å². The molecule has 4 rings (SSSR count). The van der Waals surface area contributed by atoms with E-state index in [0.717, 1.165) is 30.2 Å². The number of carbonyl (C=O) groups excluding carboxylic acids is 1. The normalized spacial score (nSPS) is 16.0. The lowest BCUT2D eigenvalue weighted by atomic mass is 9.83. The number of rotatable bonds is 6. The summed E-state index contributed by atoms with van der Waals surface area (Å²) in [4.78, 5) is 26.9. The van der Waals surface area contributed by atoms with E-state index in [9.17, 15) is 14.7 Å². The van der Waals surface area contributed by atoms with Crippen molar-refractivity contribution in [2.75, 3.05) is 13.1 Å². The van der Waals surface area contributed by atoms with Crippen LogP contribution < -0.4 is 5.43 Å². The fourth-order valence-electron chi connectivity index (χ4n) is 4.19. The number of carbonyl (C=O) groups is 1. The zero-order chi connectivity index (χ0) is 21.1. The molecule has 3 aromatic rings. The number of hydrogen-bond acceptors (Lipinski definition) is 4. The molecule has 0 aliphatic carbocycles. The van der Waals surface area contributed by atoms with Crippen LogP contribution in [0.15, 0.2) is 71.7 Å². The van der Waals surface area contributed by atoms with Crippen molar-refractivity contribution in [2.24, 2.45) is 0 Å². The zero-order valence-electron chi connectivity index (χ0n) is 16.9. The summed E-state index contributed by atoms with van der Waals surface area (Å²) in [5, 5.41) is 14.8. The molecular weight excluding hydrogens is 378 g/mol. The molecule has 154 valence electrons. The van der Waals surface area contributed by atoms with Gasteiger partial charge in [0.1, 0.15) is 0 Å². The molecule has 1 atom stereocenters. The molecule has 1 amide bonds. The monoisotopic (exact) mass is 403 g/mol. The number of aromatic nitrogens is 2.